The molecule has 0 spiro atoms. The van der Waals surface area contributed by atoms with Gasteiger partial charge >= 0.3 is 5.97 Å². The molecule has 0 bridgehead atoms. The topological polar surface area (TPSA) is 61.6 Å². The molecule has 0 saturated carbocycles. The molecule has 2 aromatic carbocycles. The Labute approximate surface area is 164 Å². The Hall–Kier alpha value is -3.34. The fraction of sp³-hybridized carbons (Fsp3) is 0.217. The van der Waals surface area contributed by atoms with Crippen molar-refractivity contribution in [3.63, 3.8) is 0 Å². The van der Waals surface area contributed by atoms with Gasteiger partial charge in [-0.25, -0.2) is 9.78 Å². The zero-order valence-electron chi connectivity index (χ0n) is 16.5. The lowest BCUT2D eigenvalue weighted by Crippen LogP contribution is -2.08. The van der Waals surface area contributed by atoms with E-state index in [1.165, 1.54) is 13.5 Å². The van der Waals surface area contributed by atoms with E-state index in [-0.39, 0.29) is 5.97 Å². The van der Waals surface area contributed by atoms with Crippen LogP contribution in [0.25, 0.3) is 16.9 Å². The van der Waals surface area contributed by atoms with Gasteiger partial charge in [-0.2, -0.15) is 0 Å². The van der Waals surface area contributed by atoms with Gasteiger partial charge < -0.3 is 13.9 Å². The molecule has 0 aliphatic heterocycles. The Kier molecular flexibility index (Phi) is 5.94. The standard InChI is InChI=1S/C23H23NO4/c1-5-18(23(25)26-4)19-9-7-6-8-17(19)13-27-21-11-15(2)20(10-16(21)3)22-12-24-14-28-22/h5-12,14H,13H2,1-4H3. The summed E-state index contributed by atoms with van der Waals surface area (Å²) in [7, 11) is 1.38. The Morgan fingerprint density at radius 3 is 2.64 bits per heavy atom. The number of oxazole rings is 1. The van der Waals surface area contributed by atoms with Crippen molar-refractivity contribution in [1.82, 2.24) is 4.98 Å². The van der Waals surface area contributed by atoms with Crippen molar-refractivity contribution in [2.45, 2.75) is 27.4 Å². The number of carbonyl (C=O) groups excluding carboxylic acids is 1. The largest absolute Gasteiger partial charge is 0.489 e. The highest BCUT2D eigenvalue weighted by Crippen LogP contribution is 2.31. The van der Waals surface area contributed by atoms with E-state index in [9.17, 15) is 4.79 Å². The van der Waals surface area contributed by atoms with Crippen LogP contribution < -0.4 is 4.74 Å². The molecule has 0 unspecified atom stereocenters. The third-order valence-electron chi connectivity index (χ3n) is 4.60. The molecular formula is C23H23NO4. The Morgan fingerprint density at radius 2 is 1.96 bits per heavy atom. The van der Waals surface area contributed by atoms with Gasteiger partial charge in [-0.1, -0.05) is 30.3 Å². The molecule has 0 aliphatic rings. The summed E-state index contributed by atoms with van der Waals surface area (Å²) in [4.78, 5) is 16.1. The van der Waals surface area contributed by atoms with Crippen LogP contribution in [0.1, 0.15) is 29.2 Å². The number of aromatic nitrogens is 1. The summed E-state index contributed by atoms with van der Waals surface area (Å²) in [5, 5.41) is 0. The lowest BCUT2D eigenvalue weighted by atomic mass is 9.99. The molecule has 144 valence electrons. The third-order valence-corrected chi connectivity index (χ3v) is 4.60. The maximum Gasteiger partial charge on any atom is 0.338 e. The fourth-order valence-electron chi connectivity index (χ4n) is 3.12. The van der Waals surface area contributed by atoms with E-state index >= 15 is 0 Å². The predicted molar refractivity (Wildman–Crippen MR) is 108 cm³/mol. The van der Waals surface area contributed by atoms with Crippen LogP contribution >= 0.6 is 0 Å². The van der Waals surface area contributed by atoms with E-state index in [1.807, 2.05) is 57.2 Å². The SMILES string of the molecule is CC=C(C(=O)OC)c1ccccc1COc1cc(C)c(-c2cnco2)cc1C. The number of allylic oxidation sites excluding steroid dienone is 1. The molecule has 0 amide bonds. The quantitative estimate of drug-likeness (QED) is 0.441. The molecule has 5 nitrogen and oxygen atoms in total. The van der Waals surface area contributed by atoms with Crippen LogP contribution in [0.15, 0.2) is 59.5 Å². The second kappa shape index (κ2) is 8.57. The summed E-state index contributed by atoms with van der Waals surface area (Å²) >= 11 is 0. The molecule has 0 aliphatic carbocycles. The first-order valence-electron chi connectivity index (χ1n) is 9.01. The Morgan fingerprint density at radius 1 is 1.18 bits per heavy atom. The van der Waals surface area contributed by atoms with Gasteiger partial charge in [0.1, 0.15) is 12.4 Å². The van der Waals surface area contributed by atoms with Crippen molar-refractivity contribution in [2.75, 3.05) is 7.11 Å². The van der Waals surface area contributed by atoms with Crippen LogP contribution in [-0.2, 0) is 16.1 Å². The van der Waals surface area contributed by atoms with Gasteiger partial charge in [-0.15, -0.1) is 0 Å². The highest BCUT2D eigenvalue weighted by molar-refractivity contribution is 6.16. The van der Waals surface area contributed by atoms with Gasteiger partial charge in [0, 0.05) is 5.56 Å². The Bertz CT molecular complexity index is 1000. The highest BCUT2D eigenvalue weighted by atomic mass is 16.5. The average molecular weight is 377 g/mol. The minimum atomic E-state index is -0.363. The zero-order valence-corrected chi connectivity index (χ0v) is 16.5. The van der Waals surface area contributed by atoms with Gasteiger partial charge in [0.15, 0.2) is 12.2 Å². The van der Waals surface area contributed by atoms with Gasteiger partial charge in [0.05, 0.1) is 18.9 Å². The number of esters is 1. The molecule has 28 heavy (non-hydrogen) atoms. The smallest absolute Gasteiger partial charge is 0.338 e. The number of ether oxygens (including phenoxy) is 2. The molecule has 0 atom stereocenters. The second-order valence-corrected chi connectivity index (χ2v) is 6.44. The first kappa shape index (κ1) is 19.4. The summed E-state index contributed by atoms with van der Waals surface area (Å²) in [5.41, 5.74) is 5.27. The van der Waals surface area contributed by atoms with Crippen LogP contribution in [0.2, 0.25) is 0 Å². The molecule has 5 heteroatoms. The van der Waals surface area contributed by atoms with Crippen LogP contribution in [0, 0.1) is 13.8 Å². The summed E-state index contributed by atoms with van der Waals surface area (Å²) in [6.07, 6.45) is 4.88. The molecule has 0 radical (unpaired) electrons. The predicted octanol–water partition coefficient (Wildman–Crippen LogP) is 5.11. The highest BCUT2D eigenvalue weighted by Gasteiger charge is 2.16. The third kappa shape index (κ3) is 3.98. The monoisotopic (exact) mass is 377 g/mol. The number of aryl methyl sites for hydroxylation is 2. The number of benzene rings is 2. The summed E-state index contributed by atoms with van der Waals surface area (Å²) in [6, 6.07) is 11.7. The van der Waals surface area contributed by atoms with E-state index in [1.54, 1.807) is 12.3 Å². The first-order valence-corrected chi connectivity index (χ1v) is 9.01. The number of hydrogen-bond acceptors (Lipinski definition) is 5. The minimum Gasteiger partial charge on any atom is -0.489 e. The van der Waals surface area contributed by atoms with Crippen molar-refractivity contribution < 1.29 is 18.7 Å². The number of carbonyl (C=O) groups is 1. The molecule has 1 heterocycles. The lowest BCUT2D eigenvalue weighted by Gasteiger charge is -2.15. The van der Waals surface area contributed by atoms with Crippen molar-refractivity contribution in [3.8, 4) is 17.1 Å². The number of hydrogen-bond donors (Lipinski definition) is 0. The lowest BCUT2D eigenvalue weighted by molar-refractivity contribution is -0.133. The molecule has 0 N–H and O–H groups in total. The van der Waals surface area contributed by atoms with E-state index in [4.69, 9.17) is 13.9 Å². The fourth-order valence-corrected chi connectivity index (χ4v) is 3.12. The molecule has 3 aromatic rings. The van der Waals surface area contributed by atoms with Crippen molar-refractivity contribution >= 4 is 11.5 Å². The van der Waals surface area contributed by atoms with E-state index < -0.39 is 0 Å². The maximum atomic E-state index is 12.1. The van der Waals surface area contributed by atoms with Crippen LogP contribution in [0.3, 0.4) is 0 Å². The van der Waals surface area contributed by atoms with Crippen molar-refractivity contribution in [3.05, 3.63) is 77.3 Å². The van der Waals surface area contributed by atoms with Gasteiger partial charge in [-0.3, -0.25) is 0 Å². The summed E-state index contributed by atoms with van der Waals surface area (Å²) < 4.78 is 16.4. The number of methoxy groups -OCH3 is 1. The van der Waals surface area contributed by atoms with Crippen LogP contribution in [-0.4, -0.2) is 18.1 Å². The van der Waals surface area contributed by atoms with E-state index in [0.717, 1.165) is 39.3 Å². The van der Waals surface area contributed by atoms with Crippen molar-refractivity contribution in [1.29, 1.82) is 0 Å². The molecule has 0 fully saturated rings. The van der Waals surface area contributed by atoms with Crippen LogP contribution in [0.5, 0.6) is 5.75 Å². The van der Waals surface area contributed by atoms with Crippen LogP contribution in [0.4, 0.5) is 0 Å². The average Bonchev–Trinajstić information content (AvgIpc) is 3.24. The summed E-state index contributed by atoms with van der Waals surface area (Å²) in [5.74, 6) is 1.15. The molecule has 3 rings (SSSR count). The summed E-state index contributed by atoms with van der Waals surface area (Å²) in [6.45, 7) is 6.16. The molecule has 0 saturated heterocycles. The zero-order chi connectivity index (χ0) is 20.1. The Balaban J connectivity index is 1.86. The normalized spacial score (nSPS) is 11.4. The van der Waals surface area contributed by atoms with Gasteiger partial charge in [0.25, 0.3) is 0 Å². The van der Waals surface area contributed by atoms with Gasteiger partial charge in [0.2, 0.25) is 0 Å². The second-order valence-electron chi connectivity index (χ2n) is 6.44. The minimum absolute atomic E-state index is 0.340. The van der Waals surface area contributed by atoms with Gasteiger partial charge in [-0.05, 0) is 55.2 Å². The van der Waals surface area contributed by atoms with Crippen molar-refractivity contribution in [2.24, 2.45) is 0 Å². The number of rotatable bonds is 6. The molecular weight excluding hydrogens is 354 g/mol. The first-order chi connectivity index (χ1) is 13.5. The molecule has 1 aromatic heterocycles. The van der Waals surface area contributed by atoms with E-state index in [2.05, 4.69) is 4.98 Å². The van der Waals surface area contributed by atoms with E-state index in [0.29, 0.717) is 12.2 Å². The number of nitrogens with zero attached hydrogens (tertiary/aromatic N) is 1. The maximum absolute atomic E-state index is 12.1.